The van der Waals surface area contributed by atoms with Crippen LogP contribution in [0.1, 0.15) is 18.5 Å². The Morgan fingerprint density at radius 3 is 2.79 bits per heavy atom. The maximum absolute atomic E-state index is 6.13. The molecule has 0 bridgehead atoms. The predicted octanol–water partition coefficient (Wildman–Crippen LogP) is 2.95. The summed E-state index contributed by atoms with van der Waals surface area (Å²) in [5, 5.41) is 4.58. The first-order valence-corrected chi connectivity index (χ1v) is 9.73. The van der Waals surface area contributed by atoms with Gasteiger partial charge in [-0.05, 0) is 38.3 Å². The van der Waals surface area contributed by atoms with E-state index in [2.05, 4.69) is 55.8 Å². The molecule has 1 aliphatic heterocycles. The fourth-order valence-corrected chi connectivity index (χ4v) is 3.47. The lowest BCUT2D eigenvalue weighted by Gasteiger charge is -2.18. The monoisotopic (exact) mass is 478 g/mol. The van der Waals surface area contributed by atoms with Gasteiger partial charge >= 0.3 is 0 Å². The van der Waals surface area contributed by atoms with Gasteiger partial charge in [0, 0.05) is 18.0 Å². The van der Waals surface area contributed by atoms with Gasteiger partial charge in [-0.2, -0.15) is 12.6 Å². The van der Waals surface area contributed by atoms with Crippen molar-refractivity contribution in [2.75, 3.05) is 19.3 Å². The highest BCUT2D eigenvalue weighted by Gasteiger charge is 2.15. The maximum Gasteiger partial charge on any atom is 0.154 e. The molecule has 6 nitrogen and oxygen atoms in total. The van der Waals surface area contributed by atoms with E-state index in [1.807, 2.05) is 15.1 Å². The van der Waals surface area contributed by atoms with E-state index in [9.17, 15) is 0 Å². The molecule has 0 aromatic carbocycles. The molecule has 1 aliphatic rings. The van der Waals surface area contributed by atoms with E-state index in [0.717, 1.165) is 48.2 Å². The molecule has 0 radical (unpaired) electrons. The number of aliphatic imine (C=N–C) groups is 1. The number of aromatic nitrogens is 3. The molecule has 9 heteroatoms. The fourth-order valence-electron chi connectivity index (χ4n) is 2.49. The Balaban J connectivity index is 0.00000100. The molecule has 1 fully saturated rings. The van der Waals surface area contributed by atoms with Crippen molar-refractivity contribution in [1.82, 2.24) is 18.1 Å². The Bertz CT molecular complexity index is 739. The highest BCUT2D eigenvalue weighted by atomic mass is 127. The largest absolute Gasteiger partial charge is 0.404 e. The zero-order valence-electron chi connectivity index (χ0n) is 13.3. The molecule has 3 rings (SSSR count). The fraction of sp³-hybridized carbons (Fsp3) is 0.400. The Kier molecular flexibility index (Phi) is 7.79. The van der Waals surface area contributed by atoms with Gasteiger partial charge in [0.25, 0.3) is 0 Å². The van der Waals surface area contributed by atoms with Crippen molar-refractivity contribution in [3.8, 4) is 0 Å². The quantitative estimate of drug-likeness (QED) is 0.274. The van der Waals surface area contributed by atoms with Crippen LogP contribution in [0.25, 0.3) is 16.6 Å². The van der Waals surface area contributed by atoms with Crippen molar-refractivity contribution in [3.63, 3.8) is 0 Å². The molecular formula is C15H20ClIN6S. The van der Waals surface area contributed by atoms with Gasteiger partial charge in [0.15, 0.2) is 5.65 Å². The third-order valence-corrected chi connectivity index (χ3v) is 4.98. The number of fused-ring (bicyclic) bond motifs is 1. The van der Waals surface area contributed by atoms with Gasteiger partial charge in [-0.3, -0.25) is 7.77 Å². The topological polar surface area (TPSA) is 81.1 Å². The molecule has 2 aromatic rings. The second-order valence-corrected chi connectivity index (χ2v) is 6.42. The van der Waals surface area contributed by atoms with Crippen LogP contribution >= 0.6 is 47.1 Å². The van der Waals surface area contributed by atoms with Gasteiger partial charge in [0.05, 0.1) is 40.0 Å². The zero-order chi connectivity index (χ0) is 17.5. The molecule has 0 aliphatic carbocycles. The average molecular weight is 479 g/mol. The number of thiol groups is 1. The van der Waals surface area contributed by atoms with Crippen LogP contribution in [0.3, 0.4) is 0 Å². The smallest absolute Gasteiger partial charge is 0.154 e. The summed E-state index contributed by atoms with van der Waals surface area (Å²) >= 11 is 11.8. The van der Waals surface area contributed by atoms with Crippen molar-refractivity contribution >= 4 is 69.9 Å². The first-order valence-electron chi connectivity index (χ1n) is 7.49. The van der Waals surface area contributed by atoms with Gasteiger partial charge in [-0.1, -0.05) is 11.6 Å². The number of allylic oxidation sites excluding steroid dienone is 1. The van der Waals surface area contributed by atoms with E-state index in [4.69, 9.17) is 17.3 Å². The summed E-state index contributed by atoms with van der Waals surface area (Å²) in [7, 11) is 0. The highest BCUT2D eigenvalue weighted by molar-refractivity contribution is 14.1. The third kappa shape index (κ3) is 4.41. The first-order chi connectivity index (χ1) is 11.7. The molecule has 1 saturated heterocycles. The van der Waals surface area contributed by atoms with Crippen LogP contribution in [0.2, 0.25) is 5.15 Å². The summed E-state index contributed by atoms with van der Waals surface area (Å²) in [6.07, 6.45) is 8.67. The SMILES string of the molecule is CS.N/C=C(\C=NC1CCNCC1)c1cc2c(Cl)ncnc2n1I. The van der Waals surface area contributed by atoms with E-state index in [0.29, 0.717) is 11.2 Å². The summed E-state index contributed by atoms with van der Waals surface area (Å²) in [4.78, 5) is 12.9. The van der Waals surface area contributed by atoms with Gasteiger partial charge in [0.2, 0.25) is 0 Å². The Hall–Kier alpha value is -0.840. The molecular weight excluding hydrogens is 459 g/mol. The van der Waals surface area contributed by atoms with Crippen molar-refractivity contribution in [1.29, 1.82) is 0 Å². The number of rotatable bonds is 3. The Morgan fingerprint density at radius 1 is 1.46 bits per heavy atom. The van der Waals surface area contributed by atoms with E-state index in [1.165, 1.54) is 6.33 Å². The van der Waals surface area contributed by atoms with Crippen LogP contribution < -0.4 is 11.1 Å². The Labute approximate surface area is 165 Å². The van der Waals surface area contributed by atoms with Crippen molar-refractivity contribution < 1.29 is 0 Å². The first kappa shape index (κ1) is 19.5. The normalized spacial score (nSPS) is 16.4. The van der Waals surface area contributed by atoms with E-state index >= 15 is 0 Å². The van der Waals surface area contributed by atoms with E-state index < -0.39 is 0 Å². The second-order valence-electron chi connectivity index (χ2n) is 5.09. The summed E-state index contributed by atoms with van der Waals surface area (Å²) in [6, 6.07) is 2.30. The average Bonchev–Trinajstić information content (AvgIpc) is 2.97. The number of piperidine rings is 1. The lowest BCUT2D eigenvalue weighted by atomic mass is 10.1. The molecule has 0 unspecified atom stereocenters. The van der Waals surface area contributed by atoms with Crippen LogP contribution in [0.15, 0.2) is 23.6 Å². The van der Waals surface area contributed by atoms with Gasteiger partial charge in [-0.25, -0.2) is 9.97 Å². The summed E-state index contributed by atoms with van der Waals surface area (Å²) in [6.45, 7) is 2.03. The summed E-state index contributed by atoms with van der Waals surface area (Å²) in [5.41, 5.74) is 8.33. The van der Waals surface area contributed by atoms with Crippen LogP contribution in [0.5, 0.6) is 0 Å². The minimum Gasteiger partial charge on any atom is -0.404 e. The van der Waals surface area contributed by atoms with Crippen LogP contribution in [0.4, 0.5) is 0 Å². The number of hydrogen-bond donors (Lipinski definition) is 3. The number of nitrogens with two attached hydrogens (primary N) is 1. The minimum atomic E-state index is 0.353. The van der Waals surface area contributed by atoms with Crippen molar-refractivity contribution in [2.45, 2.75) is 18.9 Å². The van der Waals surface area contributed by atoms with Crippen LogP contribution in [0, 0.1) is 0 Å². The standard InChI is InChI=1S/C14H16ClIN6.CH4S/c15-13-11-5-12(22(16)14(11)21-8-20-13)9(6-17)7-19-10-1-3-18-4-2-10;1-2/h5-8,10,18H,1-4,17H2;2H,1H3/b9-6+,19-7?;. The Morgan fingerprint density at radius 2 is 2.17 bits per heavy atom. The van der Waals surface area contributed by atoms with Gasteiger partial charge < -0.3 is 11.1 Å². The van der Waals surface area contributed by atoms with Crippen LogP contribution in [-0.4, -0.2) is 44.4 Å². The number of halogens is 2. The molecule has 2 aromatic heterocycles. The lowest BCUT2D eigenvalue weighted by Crippen LogP contribution is -2.29. The zero-order valence-corrected chi connectivity index (χ0v) is 17.1. The molecule has 0 saturated carbocycles. The molecule has 24 heavy (non-hydrogen) atoms. The third-order valence-electron chi connectivity index (χ3n) is 3.70. The molecule has 3 heterocycles. The molecule has 0 atom stereocenters. The van der Waals surface area contributed by atoms with Crippen molar-refractivity contribution in [2.24, 2.45) is 10.7 Å². The summed E-state index contributed by atoms with van der Waals surface area (Å²) in [5.74, 6) is 0. The van der Waals surface area contributed by atoms with E-state index in [-0.39, 0.29) is 0 Å². The molecule has 3 N–H and O–H groups in total. The van der Waals surface area contributed by atoms with E-state index in [1.54, 1.807) is 12.5 Å². The molecule has 0 spiro atoms. The number of nitrogens with zero attached hydrogens (tertiary/aromatic N) is 4. The minimum absolute atomic E-state index is 0.353. The number of hydrogen-bond acceptors (Lipinski definition) is 6. The van der Waals surface area contributed by atoms with Gasteiger partial charge in [0.1, 0.15) is 11.5 Å². The number of nitrogens with one attached hydrogen (secondary N) is 1. The van der Waals surface area contributed by atoms with Gasteiger partial charge in [-0.15, -0.1) is 0 Å². The molecule has 0 amide bonds. The maximum atomic E-state index is 6.13. The predicted molar refractivity (Wildman–Crippen MR) is 113 cm³/mol. The van der Waals surface area contributed by atoms with Crippen LogP contribution in [-0.2, 0) is 0 Å². The highest BCUT2D eigenvalue weighted by Crippen LogP contribution is 2.28. The van der Waals surface area contributed by atoms with Crippen molar-refractivity contribution in [3.05, 3.63) is 29.4 Å². The second kappa shape index (κ2) is 9.59. The lowest BCUT2D eigenvalue weighted by molar-refractivity contribution is 0.461. The molecule has 130 valence electrons. The summed E-state index contributed by atoms with van der Waals surface area (Å²) < 4.78 is 1.92.